The number of aromatic nitrogens is 3. The topological polar surface area (TPSA) is 89.6 Å². The molecule has 0 radical (unpaired) electrons. The second kappa shape index (κ2) is 9.18. The highest BCUT2D eigenvalue weighted by Crippen LogP contribution is 2.35. The molecule has 3 heterocycles. The lowest BCUT2D eigenvalue weighted by atomic mass is 10.1. The fourth-order valence-corrected chi connectivity index (χ4v) is 3.89. The summed E-state index contributed by atoms with van der Waals surface area (Å²) in [6, 6.07) is 9.35. The van der Waals surface area contributed by atoms with Crippen LogP contribution in [0.25, 0.3) is 11.5 Å². The van der Waals surface area contributed by atoms with E-state index in [4.69, 9.17) is 19.2 Å². The molecule has 0 saturated heterocycles. The zero-order valence-corrected chi connectivity index (χ0v) is 18.0. The van der Waals surface area contributed by atoms with Crippen molar-refractivity contribution in [3.8, 4) is 28.8 Å². The molecule has 162 valence electrons. The Balaban J connectivity index is 1.57. The number of hydrogen-bond donors (Lipinski definition) is 1. The highest BCUT2D eigenvalue weighted by molar-refractivity contribution is 5.51. The molecule has 1 aliphatic rings. The lowest BCUT2D eigenvalue weighted by Gasteiger charge is -2.22. The van der Waals surface area contributed by atoms with Crippen LogP contribution in [-0.2, 0) is 19.4 Å². The van der Waals surface area contributed by atoms with Crippen LogP contribution >= 0.6 is 0 Å². The zero-order chi connectivity index (χ0) is 21.8. The number of nitrogens with zero attached hydrogens (tertiary/aromatic N) is 3. The van der Waals surface area contributed by atoms with Gasteiger partial charge in [0.1, 0.15) is 11.4 Å². The molecule has 0 aliphatic carbocycles. The van der Waals surface area contributed by atoms with E-state index in [1.165, 1.54) is 0 Å². The van der Waals surface area contributed by atoms with Crippen LogP contribution in [-0.4, -0.2) is 54.3 Å². The second-order valence-corrected chi connectivity index (χ2v) is 7.35. The summed E-state index contributed by atoms with van der Waals surface area (Å²) in [6.07, 6.45) is 3.02. The van der Waals surface area contributed by atoms with E-state index >= 15 is 0 Å². The molecule has 2 aromatic heterocycles. The average Bonchev–Trinajstić information content (AvgIpc) is 3.02. The van der Waals surface area contributed by atoms with E-state index in [1.807, 2.05) is 30.3 Å². The van der Waals surface area contributed by atoms with E-state index in [9.17, 15) is 4.79 Å². The molecule has 0 atom stereocenters. The Morgan fingerprint density at radius 1 is 1.00 bits per heavy atom. The monoisotopic (exact) mass is 422 g/mol. The van der Waals surface area contributed by atoms with Crippen molar-refractivity contribution < 1.29 is 14.2 Å². The van der Waals surface area contributed by atoms with Crippen LogP contribution in [0.5, 0.6) is 17.2 Å². The van der Waals surface area contributed by atoms with Crippen molar-refractivity contribution in [1.29, 1.82) is 0 Å². The summed E-state index contributed by atoms with van der Waals surface area (Å²) in [6.45, 7) is 2.20. The number of methoxy groups -OCH3 is 3. The van der Waals surface area contributed by atoms with Gasteiger partial charge in [-0.3, -0.25) is 14.7 Å². The Morgan fingerprint density at radius 2 is 1.74 bits per heavy atom. The molecule has 1 aromatic carbocycles. The Morgan fingerprint density at radius 3 is 2.45 bits per heavy atom. The normalized spacial score (nSPS) is 13.9. The van der Waals surface area contributed by atoms with Crippen LogP contribution in [0.4, 0.5) is 0 Å². The summed E-state index contributed by atoms with van der Waals surface area (Å²) in [4.78, 5) is 27.0. The minimum absolute atomic E-state index is 0.0869. The number of H-pyrrole nitrogens is 1. The molecule has 3 aromatic rings. The van der Waals surface area contributed by atoms with Crippen molar-refractivity contribution in [1.82, 2.24) is 19.9 Å². The Bertz CT molecular complexity index is 1110. The van der Waals surface area contributed by atoms with Gasteiger partial charge in [0.25, 0.3) is 5.56 Å². The molecule has 1 N–H and O–H groups in total. The number of ether oxygens (including phenoxy) is 3. The predicted molar refractivity (Wildman–Crippen MR) is 117 cm³/mol. The minimum atomic E-state index is -0.0869. The van der Waals surface area contributed by atoms with Gasteiger partial charge in [-0.25, -0.2) is 4.98 Å². The smallest absolute Gasteiger partial charge is 0.254 e. The third-order valence-corrected chi connectivity index (χ3v) is 5.53. The highest BCUT2D eigenvalue weighted by atomic mass is 16.5. The SMILES string of the molecule is COc1cc(OC)c(OC)cc1CN1CCc2nc(-c3ccccn3)[nH]c(=O)c2CC1. The molecule has 1 aliphatic heterocycles. The lowest BCUT2D eigenvalue weighted by molar-refractivity contribution is 0.271. The summed E-state index contributed by atoms with van der Waals surface area (Å²) < 4.78 is 16.4. The van der Waals surface area contributed by atoms with Crippen molar-refractivity contribution in [3.05, 3.63) is 63.7 Å². The first-order valence-corrected chi connectivity index (χ1v) is 10.2. The van der Waals surface area contributed by atoms with Gasteiger partial charge in [-0.05, 0) is 24.6 Å². The van der Waals surface area contributed by atoms with Crippen LogP contribution < -0.4 is 19.8 Å². The molecule has 31 heavy (non-hydrogen) atoms. The van der Waals surface area contributed by atoms with Crippen LogP contribution in [0.1, 0.15) is 16.8 Å². The first-order chi connectivity index (χ1) is 15.1. The summed E-state index contributed by atoms with van der Waals surface area (Å²) in [5, 5.41) is 0. The van der Waals surface area contributed by atoms with Gasteiger partial charge in [-0.15, -0.1) is 0 Å². The summed E-state index contributed by atoms with van der Waals surface area (Å²) in [7, 11) is 4.87. The van der Waals surface area contributed by atoms with Gasteiger partial charge in [0.2, 0.25) is 0 Å². The minimum Gasteiger partial charge on any atom is -0.496 e. The Hall–Kier alpha value is -3.39. The molecule has 8 nitrogen and oxygen atoms in total. The van der Waals surface area contributed by atoms with Gasteiger partial charge in [-0.2, -0.15) is 0 Å². The number of pyridine rings is 1. The third-order valence-electron chi connectivity index (χ3n) is 5.53. The zero-order valence-electron chi connectivity index (χ0n) is 18.0. The molecule has 0 unspecified atom stereocenters. The molecule has 0 fully saturated rings. The van der Waals surface area contributed by atoms with Gasteiger partial charge in [0.15, 0.2) is 17.3 Å². The summed E-state index contributed by atoms with van der Waals surface area (Å²) in [5.74, 6) is 2.55. The number of hydrogen-bond acceptors (Lipinski definition) is 7. The number of benzene rings is 1. The first kappa shape index (κ1) is 20.9. The predicted octanol–water partition coefficient (Wildman–Crippen LogP) is 2.46. The van der Waals surface area contributed by atoms with Crippen molar-refractivity contribution in [2.75, 3.05) is 34.4 Å². The highest BCUT2D eigenvalue weighted by Gasteiger charge is 2.21. The van der Waals surface area contributed by atoms with Gasteiger partial charge < -0.3 is 19.2 Å². The largest absolute Gasteiger partial charge is 0.496 e. The molecular formula is C23H26N4O4. The van der Waals surface area contributed by atoms with E-state index in [-0.39, 0.29) is 5.56 Å². The number of rotatable bonds is 6. The third kappa shape index (κ3) is 4.39. The standard InChI is InChI=1S/C23H26N4O4/c1-29-19-13-21(31-3)20(30-2)12-15(19)14-27-10-7-16-17(8-11-27)25-22(26-23(16)28)18-6-4-5-9-24-18/h4-6,9,12-13H,7-8,10-11,14H2,1-3H3,(H,25,26,28). The van der Waals surface area contributed by atoms with Gasteiger partial charge in [0, 0.05) is 49.4 Å². The lowest BCUT2D eigenvalue weighted by Crippen LogP contribution is -2.26. The molecule has 8 heteroatoms. The van der Waals surface area contributed by atoms with Crippen molar-refractivity contribution in [2.45, 2.75) is 19.4 Å². The molecule has 0 bridgehead atoms. The molecule has 0 spiro atoms. The van der Waals surface area contributed by atoms with E-state index in [0.717, 1.165) is 35.7 Å². The van der Waals surface area contributed by atoms with E-state index in [1.54, 1.807) is 27.5 Å². The fourth-order valence-electron chi connectivity index (χ4n) is 3.89. The van der Waals surface area contributed by atoms with Crippen LogP contribution in [0.15, 0.2) is 41.3 Å². The van der Waals surface area contributed by atoms with E-state index in [0.29, 0.717) is 42.4 Å². The Labute approximate surface area is 180 Å². The summed E-state index contributed by atoms with van der Waals surface area (Å²) >= 11 is 0. The van der Waals surface area contributed by atoms with Crippen LogP contribution in [0.3, 0.4) is 0 Å². The second-order valence-electron chi connectivity index (χ2n) is 7.35. The number of fused-ring (bicyclic) bond motifs is 1. The fraction of sp³-hybridized carbons (Fsp3) is 0.348. The quantitative estimate of drug-likeness (QED) is 0.653. The maximum Gasteiger partial charge on any atom is 0.254 e. The maximum absolute atomic E-state index is 12.7. The van der Waals surface area contributed by atoms with Crippen molar-refractivity contribution in [2.24, 2.45) is 0 Å². The van der Waals surface area contributed by atoms with Crippen molar-refractivity contribution in [3.63, 3.8) is 0 Å². The average molecular weight is 422 g/mol. The van der Waals surface area contributed by atoms with Crippen LogP contribution in [0, 0.1) is 0 Å². The first-order valence-electron chi connectivity index (χ1n) is 10.2. The van der Waals surface area contributed by atoms with Gasteiger partial charge >= 0.3 is 0 Å². The van der Waals surface area contributed by atoms with Crippen LogP contribution in [0.2, 0.25) is 0 Å². The molecule has 4 rings (SSSR count). The van der Waals surface area contributed by atoms with E-state index < -0.39 is 0 Å². The molecular weight excluding hydrogens is 396 g/mol. The summed E-state index contributed by atoms with van der Waals surface area (Å²) in [5.41, 5.74) is 3.17. The van der Waals surface area contributed by atoms with Gasteiger partial charge in [0.05, 0.1) is 27.0 Å². The maximum atomic E-state index is 12.7. The Kier molecular flexibility index (Phi) is 6.18. The van der Waals surface area contributed by atoms with Gasteiger partial charge in [-0.1, -0.05) is 6.07 Å². The number of nitrogens with one attached hydrogen (secondary N) is 1. The van der Waals surface area contributed by atoms with E-state index in [2.05, 4.69) is 14.9 Å². The molecule has 0 saturated carbocycles. The van der Waals surface area contributed by atoms with Crippen molar-refractivity contribution >= 4 is 0 Å². The molecule has 0 amide bonds. The number of aromatic amines is 1.